The van der Waals surface area contributed by atoms with Crippen molar-refractivity contribution in [2.75, 3.05) is 19.8 Å². The second-order valence-electron chi connectivity index (χ2n) is 7.35. The summed E-state index contributed by atoms with van der Waals surface area (Å²) in [6, 6.07) is 10.3. The molecule has 0 saturated carbocycles. The minimum Gasteiger partial charge on any atom is -0.459 e. The van der Waals surface area contributed by atoms with E-state index >= 15 is 0 Å². The number of hydrogen-bond acceptors (Lipinski definition) is 5. The Labute approximate surface area is 180 Å². The van der Waals surface area contributed by atoms with E-state index in [0.29, 0.717) is 29.7 Å². The third-order valence-corrected chi connectivity index (χ3v) is 7.67. The van der Waals surface area contributed by atoms with Gasteiger partial charge in [-0.3, -0.25) is 0 Å². The average molecular weight is 454 g/mol. The highest BCUT2D eigenvalue weighted by atomic mass is 35.5. The van der Waals surface area contributed by atoms with E-state index in [1.54, 1.807) is 18.2 Å². The molecule has 1 unspecified atom stereocenters. The third-order valence-electron chi connectivity index (χ3n) is 5.64. The maximum absolute atomic E-state index is 13.2. The summed E-state index contributed by atoms with van der Waals surface area (Å²) < 4.78 is 37.8. The van der Waals surface area contributed by atoms with Gasteiger partial charge in [0.05, 0.1) is 21.4 Å². The highest BCUT2D eigenvalue weighted by Gasteiger charge is 2.25. The molecule has 3 aromatic rings. The highest BCUT2D eigenvalue weighted by Crippen LogP contribution is 2.37. The highest BCUT2D eigenvalue weighted by molar-refractivity contribution is 7.91. The number of hydrogen-bond donors (Lipinski definition) is 1. The van der Waals surface area contributed by atoms with Gasteiger partial charge in [0.1, 0.15) is 5.76 Å². The van der Waals surface area contributed by atoms with Crippen LogP contribution in [0.25, 0.3) is 11.0 Å². The summed E-state index contributed by atoms with van der Waals surface area (Å²) in [5.74, 6) is 1.22. The Morgan fingerprint density at radius 3 is 2.62 bits per heavy atom. The molecule has 2 aliphatic rings. The SMILES string of the molecule is Cl.O=S(=O)(c1ccc(C2CCOC2)cc1)c1cc(Cl)c2oc3c(c2c1)CNCC3. The fraction of sp³-hybridized carbons (Fsp3) is 0.333. The van der Waals surface area contributed by atoms with E-state index in [1.165, 1.54) is 6.07 Å². The smallest absolute Gasteiger partial charge is 0.206 e. The van der Waals surface area contributed by atoms with Crippen molar-refractivity contribution in [2.24, 2.45) is 0 Å². The lowest BCUT2D eigenvalue weighted by molar-refractivity contribution is 0.194. The predicted molar refractivity (Wildman–Crippen MR) is 114 cm³/mol. The number of nitrogens with one attached hydrogen (secondary N) is 1. The summed E-state index contributed by atoms with van der Waals surface area (Å²) in [5, 5.41) is 4.39. The van der Waals surface area contributed by atoms with E-state index in [9.17, 15) is 8.42 Å². The van der Waals surface area contributed by atoms with E-state index in [0.717, 1.165) is 48.3 Å². The first kappa shape index (κ1) is 20.7. The molecule has 1 atom stereocenters. The predicted octanol–water partition coefficient (Wildman–Crippen LogP) is 4.49. The fourth-order valence-electron chi connectivity index (χ4n) is 4.05. The summed E-state index contributed by atoms with van der Waals surface area (Å²) in [6.45, 7) is 2.94. The zero-order valence-electron chi connectivity index (χ0n) is 15.6. The lowest BCUT2D eigenvalue weighted by atomic mass is 9.99. The topological polar surface area (TPSA) is 68.5 Å². The van der Waals surface area contributed by atoms with Gasteiger partial charge in [0, 0.05) is 43.0 Å². The fourth-order valence-corrected chi connectivity index (χ4v) is 5.69. The van der Waals surface area contributed by atoms with E-state index in [1.807, 2.05) is 12.1 Å². The summed E-state index contributed by atoms with van der Waals surface area (Å²) >= 11 is 6.39. The van der Waals surface area contributed by atoms with Crippen LogP contribution in [0.15, 0.2) is 50.6 Å². The maximum Gasteiger partial charge on any atom is 0.206 e. The minimum absolute atomic E-state index is 0. The lowest BCUT2D eigenvalue weighted by Crippen LogP contribution is -2.22. The van der Waals surface area contributed by atoms with Gasteiger partial charge < -0.3 is 14.5 Å². The van der Waals surface area contributed by atoms with E-state index in [2.05, 4.69) is 5.32 Å². The number of halogens is 2. The van der Waals surface area contributed by atoms with Crippen LogP contribution in [0, 0.1) is 0 Å². The van der Waals surface area contributed by atoms with Crippen molar-refractivity contribution in [3.8, 4) is 0 Å². The number of benzene rings is 2. The van der Waals surface area contributed by atoms with Crippen LogP contribution in [0.4, 0.5) is 0 Å². The molecule has 29 heavy (non-hydrogen) atoms. The standard InChI is InChI=1S/C21H20ClNO4S.ClH/c22-19-10-16(9-17-18-11-23-7-5-20(18)27-21(17)19)28(24,25)15-3-1-13(2-4-15)14-6-8-26-12-14;/h1-4,9-10,14,23H,5-8,11-12H2;1H. The van der Waals surface area contributed by atoms with Crippen LogP contribution in [0.3, 0.4) is 0 Å². The van der Waals surface area contributed by atoms with Crippen molar-refractivity contribution in [1.29, 1.82) is 0 Å². The summed E-state index contributed by atoms with van der Waals surface area (Å²) in [4.78, 5) is 0.456. The molecule has 3 heterocycles. The number of sulfone groups is 1. The first-order valence-corrected chi connectivity index (χ1v) is 11.3. The molecule has 0 amide bonds. The Kier molecular flexibility index (Phi) is 5.66. The number of ether oxygens (including phenoxy) is 1. The molecule has 0 bridgehead atoms. The summed E-state index contributed by atoms with van der Waals surface area (Å²) in [5.41, 5.74) is 2.67. The molecule has 1 fully saturated rings. The number of rotatable bonds is 3. The maximum atomic E-state index is 13.2. The molecule has 2 aromatic carbocycles. The third kappa shape index (κ3) is 3.57. The molecule has 0 radical (unpaired) electrons. The van der Waals surface area contributed by atoms with Crippen molar-refractivity contribution in [2.45, 2.75) is 35.1 Å². The molecule has 5 rings (SSSR count). The van der Waals surface area contributed by atoms with Gasteiger partial charge in [0.2, 0.25) is 9.84 Å². The minimum atomic E-state index is -3.68. The van der Waals surface area contributed by atoms with Gasteiger partial charge >= 0.3 is 0 Å². The molecule has 1 saturated heterocycles. The molecular formula is C21H21Cl2NO4S. The quantitative estimate of drug-likeness (QED) is 0.632. The zero-order chi connectivity index (χ0) is 19.3. The molecule has 0 aliphatic carbocycles. The van der Waals surface area contributed by atoms with Crippen LogP contribution in [0.1, 0.15) is 29.2 Å². The average Bonchev–Trinajstić information content (AvgIpc) is 3.36. The second-order valence-corrected chi connectivity index (χ2v) is 9.70. The Hall–Kier alpha value is -1.57. The number of furan rings is 1. The van der Waals surface area contributed by atoms with Crippen molar-refractivity contribution in [1.82, 2.24) is 5.32 Å². The molecule has 154 valence electrons. The van der Waals surface area contributed by atoms with Crippen LogP contribution in [0.5, 0.6) is 0 Å². The lowest BCUT2D eigenvalue weighted by Gasteiger charge is -2.11. The van der Waals surface area contributed by atoms with Crippen molar-refractivity contribution in [3.05, 3.63) is 58.3 Å². The van der Waals surface area contributed by atoms with E-state index in [4.69, 9.17) is 20.8 Å². The van der Waals surface area contributed by atoms with E-state index in [-0.39, 0.29) is 22.2 Å². The molecule has 1 N–H and O–H groups in total. The first-order chi connectivity index (χ1) is 13.5. The van der Waals surface area contributed by atoms with Crippen molar-refractivity contribution >= 4 is 44.8 Å². The van der Waals surface area contributed by atoms with Crippen LogP contribution in [-0.4, -0.2) is 28.2 Å². The van der Waals surface area contributed by atoms with Gasteiger partial charge in [-0.1, -0.05) is 23.7 Å². The normalized spacial score (nSPS) is 19.1. The Morgan fingerprint density at radius 1 is 1.10 bits per heavy atom. The van der Waals surface area contributed by atoms with E-state index < -0.39 is 9.84 Å². The number of fused-ring (bicyclic) bond motifs is 3. The van der Waals surface area contributed by atoms with Gasteiger partial charge in [-0.2, -0.15) is 0 Å². The zero-order valence-corrected chi connectivity index (χ0v) is 18.0. The largest absolute Gasteiger partial charge is 0.459 e. The monoisotopic (exact) mass is 453 g/mol. The van der Waals surface area contributed by atoms with Gasteiger partial charge in [0.25, 0.3) is 0 Å². The summed E-state index contributed by atoms with van der Waals surface area (Å²) in [6.07, 6.45) is 1.74. The molecular weight excluding hydrogens is 433 g/mol. The molecule has 1 aromatic heterocycles. The van der Waals surface area contributed by atoms with Gasteiger partial charge in [-0.25, -0.2) is 8.42 Å². The first-order valence-electron chi connectivity index (χ1n) is 9.41. The van der Waals surface area contributed by atoms with Gasteiger partial charge in [-0.15, -0.1) is 12.4 Å². The van der Waals surface area contributed by atoms with Gasteiger partial charge in [-0.05, 0) is 36.2 Å². The molecule has 8 heteroatoms. The molecule has 5 nitrogen and oxygen atoms in total. The Morgan fingerprint density at radius 2 is 1.90 bits per heavy atom. The van der Waals surface area contributed by atoms with Crippen LogP contribution in [-0.2, 0) is 27.5 Å². The second kappa shape index (κ2) is 7.93. The van der Waals surface area contributed by atoms with Gasteiger partial charge in [0.15, 0.2) is 5.58 Å². The van der Waals surface area contributed by atoms with Crippen LogP contribution >= 0.6 is 24.0 Å². The Balaban J connectivity index is 0.00000205. The Bertz CT molecular complexity index is 1150. The van der Waals surface area contributed by atoms with Crippen molar-refractivity contribution in [3.63, 3.8) is 0 Å². The van der Waals surface area contributed by atoms with Crippen molar-refractivity contribution < 1.29 is 17.6 Å². The summed E-state index contributed by atoms with van der Waals surface area (Å²) in [7, 11) is -3.68. The van der Waals surface area contributed by atoms with Crippen LogP contribution < -0.4 is 5.32 Å². The van der Waals surface area contributed by atoms with Crippen LogP contribution in [0.2, 0.25) is 5.02 Å². The molecule has 2 aliphatic heterocycles. The molecule has 0 spiro atoms.